The maximum atomic E-state index is 12.4. The van der Waals surface area contributed by atoms with Crippen LogP contribution in [0.4, 0.5) is 42.1 Å². The highest BCUT2D eigenvalue weighted by atomic mass is 19.4. The van der Waals surface area contributed by atoms with Crippen molar-refractivity contribution in [2.24, 2.45) is 38.8 Å². The Hall–Kier alpha value is -9.13. The van der Waals surface area contributed by atoms with Gasteiger partial charge in [-0.25, -0.2) is 9.98 Å². The molecule has 31 heteroatoms. The first kappa shape index (κ1) is 78.9. The van der Waals surface area contributed by atoms with Gasteiger partial charge in [0.1, 0.15) is 0 Å². The van der Waals surface area contributed by atoms with Crippen molar-refractivity contribution < 1.29 is 86.5 Å². The molecular weight excluding hydrogens is 1150 g/mol. The summed E-state index contributed by atoms with van der Waals surface area (Å²) < 4.78 is 92.5. The molecule has 5 rings (SSSR count). The van der Waals surface area contributed by atoms with Crippen molar-refractivity contribution in [1.82, 2.24) is 36.1 Å². The van der Waals surface area contributed by atoms with E-state index in [1.54, 1.807) is 86.2 Å². The Morgan fingerprint density at radius 2 is 1.09 bits per heavy atom. The monoisotopic (exact) mass is 1230 g/mol. The summed E-state index contributed by atoms with van der Waals surface area (Å²) in [7, 11) is 1.11. The summed E-state index contributed by atoms with van der Waals surface area (Å²) in [6, 6.07) is 17.9. The van der Waals surface area contributed by atoms with Crippen molar-refractivity contribution in [3.63, 3.8) is 0 Å². The van der Waals surface area contributed by atoms with Gasteiger partial charge in [-0.05, 0) is 79.5 Å². The number of rotatable bonds is 19. The number of nitrogens with zero attached hydrogens (tertiary/aromatic N) is 5. The lowest BCUT2D eigenvalue weighted by molar-refractivity contribution is -0.193. The van der Waals surface area contributed by atoms with Crippen molar-refractivity contribution in [2.75, 3.05) is 60.2 Å². The van der Waals surface area contributed by atoms with Crippen LogP contribution < -0.4 is 44.2 Å². The van der Waals surface area contributed by atoms with Crippen LogP contribution in [0.2, 0.25) is 0 Å². The summed E-state index contributed by atoms with van der Waals surface area (Å²) >= 11 is 0. The second-order valence-corrected chi connectivity index (χ2v) is 17.3. The van der Waals surface area contributed by atoms with Crippen LogP contribution in [0.25, 0.3) is 0 Å². The number of esters is 1. The number of ether oxygens (including phenoxy) is 2. The van der Waals surface area contributed by atoms with Gasteiger partial charge in [-0.2, -0.15) is 26.3 Å². The highest BCUT2D eigenvalue weighted by molar-refractivity contribution is 6.41. The maximum absolute atomic E-state index is 12.4. The molecule has 1 aliphatic heterocycles. The quantitative estimate of drug-likeness (QED) is 0.0173. The molecule has 480 valence electrons. The second kappa shape index (κ2) is 43.5. The van der Waals surface area contributed by atoms with Gasteiger partial charge in [0.25, 0.3) is 11.8 Å². The smallest absolute Gasteiger partial charge is 0.458 e. The second-order valence-electron chi connectivity index (χ2n) is 17.3. The predicted octanol–water partition coefficient (Wildman–Crippen LogP) is 5.93. The van der Waals surface area contributed by atoms with Crippen LogP contribution in [0.3, 0.4) is 0 Å². The number of pyridine rings is 2. The van der Waals surface area contributed by atoms with Gasteiger partial charge >= 0.3 is 35.9 Å². The van der Waals surface area contributed by atoms with Gasteiger partial charge in [0.2, 0.25) is 11.8 Å². The molecule has 2 atom stereocenters. The highest BCUT2D eigenvalue weighted by Gasteiger charge is 2.54. The molecule has 3 heterocycles. The Balaban J connectivity index is -0.000000555. The fourth-order valence-electron chi connectivity index (χ4n) is 5.89. The van der Waals surface area contributed by atoms with Crippen LogP contribution in [0.1, 0.15) is 109 Å². The number of benzene rings is 2. The lowest BCUT2D eigenvalue weighted by atomic mass is 10.1. The van der Waals surface area contributed by atoms with E-state index in [1.807, 2.05) is 0 Å². The number of amides is 4. The number of carbonyl (C=O) groups is 8. The number of carbonyl (C=O) groups excluding carboxylic acids is 7. The number of Topliss-reactive ketones (excluding diaryl/α,β-unsaturated/α-hetero) is 2. The molecule has 1 saturated heterocycles. The van der Waals surface area contributed by atoms with Gasteiger partial charge in [0.05, 0.1) is 77.7 Å². The zero-order valence-corrected chi connectivity index (χ0v) is 46.5. The van der Waals surface area contributed by atoms with Gasteiger partial charge in [-0.3, -0.25) is 52.7 Å². The van der Waals surface area contributed by atoms with Crippen LogP contribution in [-0.4, -0.2) is 152 Å². The Morgan fingerprint density at radius 3 is 1.38 bits per heavy atom. The van der Waals surface area contributed by atoms with Gasteiger partial charge in [0, 0.05) is 50.4 Å². The molecule has 2 aromatic carbocycles. The summed E-state index contributed by atoms with van der Waals surface area (Å²) in [5.41, 5.74) is 23.9. The highest BCUT2D eigenvalue weighted by Crippen LogP contribution is 2.24. The minimum atomic E-state index is -5.77. The summed E-state index contributed by atoms with van der Waals surface area (Å²) in [5.74, 6) is -9.71. The minimum Gasteiger partial charge on any atom is -0.481 e. The van der Waals surface area contributed by atoms with E-state index in [-0.39, 0.29) is 66.3 Å². The molecule has 2 unspecified atom stereocenters. The lowest BCUT2D eigenvalue weighted by Crippen LogP contribution is -2.39. The van der Waals surface area contributed by atoms with Crippen molar-refractivity contribution >= 4 is 70.4 Å². The molecule has 0 radical (unpaired) electrons. The number of carboxylic acids is 1. The third kappa shape index (κ3) is 36.5. The number of halogens is 7. The molecule has 0 bridgehead atoms. The number of guanidine groups is 2. The van der Waals surface area contributed by atoms with Crippen molar-refractivity contribution in [3.05, 3.63) is 120 Å². The minimum absolute atomic E-state index is 0. The van der Waals surface area contributed by atoms with E-state index in [4.69, 9.17) is 38.9 Å². The average molecular weight is 1230 g/mol. The van der Waals surface area contributed by atoms with E-state index in [9.17, 15) is 69.1 Å². The van der Waals surface area contributed by atoms with Crippen LogP contribution in [0, 0.1) is 5.92 Å². The number of hydrogen-bond acceptors (Lipinski definition) is 15. The van der Waals surface area contributed by atoms with Crippen molar-refractivity contribution in [3.8, 4) is 0 Å². The van der Waals surface area contributed by atoms with E-state index >= 15 is 0 Å². The topological polar surface area (TPSA) is 381 Å². The number of morpholine rings is 1. The SMILES string of the molecule is C.C.CCC(C)C.CCOC(=O)CC(NC(=O)CNC(=O)c1cccc(N=C(N)N)c1)c1cccnc1.CN1CCOCC1.NC(N)=Nc1cccc(C(=O)NCC(=O)NC(CC(=O)O)c2cccnc2)c1.O=C(C(=O)C(F)(F)F)C(F)(F)F.[2HH].[2H]CF. The van der Waals surface area contributed by atoms with Crippen LogP contribution >= 0.6 is 0 Å². The Morgan fingerprint density at radius 1 is 0.709 bits per heavy atom. The van der Waals surface area contributed by atoms with E-state index in [1.165, 1.54) is 24.8 Å². The van der Waals surface area contributed by atoms with E-state index < -0.39 is 78.7 Å². The Kier molecular flexibility index (Phi) is 39.9. The molecule has 4 aromatic rings. The molecule has 2 aromatic heterocycles. The van der Waals surface area contributed by atoms with Crippen molar-refractivity contribution in [2.45, 2.75) is 86.2 Å². The van der Waals surface area contributed by atoms with E-state index in [2.05, 4.69) is 73.9 Å². The molecule has 4 amide bonds. The van der Waals surface area contributed by atoms with Crippen LogP contribution in [0.15, 0.2) is 108 Å². The number of hydrogen-bond donors (Lipinski definition) is 9. The number of carboxylic acid groups (broad SMARTS) is 1. The van der Waals surface area contributed by atoms with Crippen molar-refractivity contribution in [1.29, 1.82) is 0 Å². The average Bonchev–Trinajstić information content (AvgIpc) is 2.88. The summed E-state index contributed by atoms with van der Waals surface area (Å²) in [4.78, 5) is 109. The Bertz CT molecular complexity index is 2750. The molecular formula is C55H80F7N13O11. The number of likely N-dealkylation sites (N-methyl/N-ethyl adjacent to an activating group) is 1. The third-order valence-electron chi connectivity index (χ3n) is 10.2. The number of nitrogens with two attached hydrogens (primary N) is 4. The van der Waals surface area contributed by atoms with Gasteiger partial charge in [-0.1, -0.05) is 66.3 Å². The standard InChI is InChI=1S/C20H24N6O4.C18H20N6O4.C5H11NO.C5H12.C4F6O2.CH3F.2CH4.H2/c1-2-30-18(28)10-16(14-6-4-8-23-11-14)26-17(27)12-24-19(29)13-5-3-7-15(9-13)25-20(21)22;19-18(20)23-13-5-1-3-11(7-13)17(28)22-10-15(25)24-14(8-16(26)27)12-4-2-6-21-9-12;1-6-2-4-7-5-3-6;1-4-5(2)3;5-3(6,7)1(11)2(12)4(8,9)10;1-2;;;/h3-9,11,16H,2,10,12H2,1H3,(H,24,29)(H,26,27)(H4,21,22,25);1-7,9,14H,8,10H2,(H,22,28)(H,24,25)(H,26,27)(H4,19,20,23);2-5H2,1H3;5H,4H2,1-3H3;;1H3;2*1H4;1H/i;;;;;1D;;;1+1. The van der Waals surface area contributed by atoms with Gasteiger partial charge in [-0.15, -0.1) is 0 Å². The molecule has 13 N–H and O–H groups in total. The Labute approximate surface area is 497 Å². The largest absolute Gasteiger partial charge is 0.481 e. The maximum Gasteiger partial charge on any atom is 0.458 e. The third-order valence-corrected chi connectivity index (χ3v) is 10.2. The first-order chi connectivity index (χ1) is 39.9. The number of nitrogens with one attached hydrogen (secondary N) is 4. The molecule has 86 heavy (non-hydrogen) atoms. The zero-order chi connectivity index (χ0) is 64.7. The fourth-order valence-corrected chi connectivity index (χ4v) is 5.89. The van der Waals surface area contributed by atoms with E-state index in [0.717, 1.165) is 32.2 Å². The summed E-state index contributed by atoms with van der Waals surface area (Å²) in [5, 5.41) is 19.3. The zero-order valence-electron chi connectivity index (χ0n) is 47.5. The predicted molar refractivity (Wildman–Crippen MR) is 310 cm³/mol. The molecule has 24 nitrogen and oxygen atoms in total. The molecule has 1 fully saturated rings. The molecule has 0 spiro atoms. The van der Waals surface area contributed by atoms with Crippen LogP contribution in [-0.2, 0) is 38.2 Å². The first-order valence-corrected chi connectivity index (χ1v) is 24.9. The lowest BCUT2D eigenvalue weighted by Gasteiger charge is -2.21. The number of aromatic nitrogens is 2. The number of ketones is 2. The van der Waals surface area contributed by atoms with Gasteiger partial charge < -0.3 is 63.7 Å². The number of aliphatic imine (C=N–C) groups is 2. The summed E-state index contributed by atoms with van der Waals surface area (Å²) in [6.07, 6.45) is -4.45. The van der Waals surface area contributed by atoms with Crippen LogP contribution in [0.5, 0.6) is 0 Å². The number of alkyl halides is 7. The summed E-state index contributed by atoms with van der Waals surface area (Å²) in [6.45, 7) is 12.0. The van der Waals surface area contributed by atoms with E-state index in [0.29, 0.717) is 28.1 Å². The molecule has 0 aliphatic carbocycles. The normalized spacial score (nSPS) is 12.1. The van der Waals surface area contributed by atoms with Gasteiger partial charge in [0.15, 0.2) is 11.9 Å². The first-order valence-electron chi connectivity index (χ1n) is 25.6. The number of aliphatic carboxylic acids is 1. The molecule has 0 saturated carbocycles. The molecule has 1 aliphatic rings. The fraction of sp³-hybridized carbons (Fsp3) is 0.418.